The van der Waals surface area contributed by atoms with Crippen molar-refractivity contribution in [3.63, 3.8) is 0 Å². The number of ether oxygens (including phenoxy) is 2. The van der Waals surface area contributed by atoms with Crippen LogP contribution < -0.4 is 10.1 Å². The molecule has 0 heterocycles. The standard InChI is InChI=1S/C13H17NO5/c1-18-7-3-4-12(15)14-11-6-5-9(19-2)8-10(11)13(16)17/h5-6,8H,3-4,7H2,1-2H3,(H,14,15)(H,16,17). The lowest BCUT2D eigenvalue weighted by Gasteiger charge is -2.10. The van der Waals surface area contributed by atoms with Gasteiger partial charge in [0.05, 0.1) is 18.4 Å². The largest absolute Gasteiger partial charge is 0.497 e. The van der Waals surface area contributed by atoms with Crippen LogP contribution in [0.15, 0.2) is 18.2 Å². The van der Waals surface area contributed by atoms with Gasteiger partial charge in [-0.25, -0.2) is 4.79 Å². The molecule has 0 saturated carbocycles. The van der Waals surface area contributed by atoms with Crippen LogP contribution in [-0.2, 0) is 9.53 Å². The number of rotatable bonds is 7. The summed E-state index contributed by atoms with van der Waals surface area (Å²) < 4.78 is 9.80. The van der Waals surface area contributed by atoms with E-state index in [-0.39, 0.29) is 23.6 Å². The maximum Gasteiger partial charge on any atom is 0.337 e. The molecule has 0 atom stereocenters. The molecule has 0 fully saturated rings. The van der Waals surface area contributed by atoms with Gasteiger partial charge < -0.3 is 19.9 Å². The molecule has 0 aromatic heterocycles. The van der Waals surface area contributed by atoms with E-state index >= 15 is 0 Å². The number of aromatic carboxylic acids is 1. The fraction of sp³-hybridized carbons (Fsp3) is 0.385. The van der Waals surface area contributed by atoms with E-state index in [9.17, 15) is 9.59 Å². The highest BCUT2D eigenvalue weighted by Gasteiger charge is 2.13. The van der Waals surface area contributed by atoms with Crippen LogP contribution in [-0.4, -0.2) is 37.8 Å². The zero-order valence-electron chi connectivity index (χ0n) is 10.9. The van der Waals surface area contributed by atoms with E-state index in [0.717, 1.165) is 0 Å². The van der Waals surface area contributed by atoms with Crippen molar-refractivity contribution < 1.29 is 24.2 Å². The molecule has 0 bridgehead atoms. The van der Waals surface area contributed by atoms with E-state index in [4.69, 9.17) is 14.6 Å². The summed E-state index contributed by atoms with van der Waals surface area (Å²) in [4.78, 5) is 22.7. The number of benzene rings is 1. The number of amides is 1. The van der Waals surface area contributed by atoms with Crippen LogP contribution in [0.3, 0.4) is 0 Å². The Morgan fingerprint density at radius 3 is 2.63 bits per heavy atom. The summed E-state index contributed by atoms with van der Waals surface area (Å²) in [5, 5.41) is 11.7. The highest BCUT2D eigenvalue weighted by Crippen LogP contribution is 2.22. The first-order valence-corrected chi connectivity index (χ1v) is 5.78. The molecular formula is C13H17NO5. The molecule has 0 radical (unpaired) electrons. The monoisotopic (exact) mass is 267 g/mol. The van der Waals surface area contributed by atoms with Gasteiger partial charge in [0.25, 0.3) is 0 Å². The Bertz CT molecular complexity index is 458. The van der Waals surface area contributed by atoms with Crippen molar-refractivity contribution >= 4 is 17.6 Å². The zero-order valence-corrected chi connectivity index (χ0v) is 10.9. The van der Waals surface area contributed by atoms with Crippen LogP contribution in [0, 0.1) is 0 Å². The number of methoxy groups -OCH3 is 2. The second-order valence-electron chi connectivity index (χ2n) is 3.86. The van der Waals surface area contributed by atoms with Crippen LogP contribution in [0.25, 0.3) is 0 Å². The Balaban J connectivity index is 2.77. The average molecular weight is 267 g/mol. The maximum absolute atomic E-state index is 11.6. The Morgan fingerprint density at radius 2 is 2.05 bits per heavy atom. The minimum absolute atomic E-state index is 0.000517. The van der Waals surface area contributed by atoms with Gasteiger partial charge in [-0.1, -0.05) is 0 Å². The van der Waals surface area contributed by atoms with Gasteiger partial charge in [-0.2, -0.15) is 0 Å². The molecule has 104 valence electrons. The summed E-state index contributed by atoms with van der Waals surface area (Å²) in [5.74, 6) is -0.939. The molecule has 1 aromatic rings. The zero-order chi connectivity index (χ0) is 14.3. The van der Waals surface area contributed by atoms with Crippen LogP contribution >= 0.6 is 0 Å². The second kappa shape index (κ2) is 7.38. The lowest BCUT2D eigenvalue weighted by molar-refractivity contribution is -0.116. The number of carboxylic acids is 1. The quantitative estimate of drug-likeness (QED) is 0.735. The third kappa shape index (κ3) is 4.59. The lowest BCUT2D eigenvalue weighted by Crippen LogP contribution is -2.15. The van der Waals surface area contributed by atoms with Gasteiger partial charge in [0.15, 0.2) is 0 Å². The van der Waals surface area contributed by atoms with Gasteiger partial charge in [0, 0.05) is 20.1 Å². The van der Waals surface area contributed by atoms with Crippen LogP contribution in [0.5, 0.6) is 5.75 Å². The predicted molar refractivity (Wildman–Crippen MR) is 69.7 cm³/mol. The average Bonchev–Trinajstić information content (AvgIpc) is 2.39. The summed E-state index contributed by atoms with van der Waals surface area (Å²) in [6.45, 7) is 0.488. The fourth-order valence-electron chi connectivity index (χ4n) is 1.53. The van der Waals surface area contributed by atoms with Gasteiger partial charge in [0.1, 0.15) is 5.75 Å². The predicted octanol–water partition coefficient (Wildman–Crippen LogP) is 1.76. The molecule has 0 aliphatic heterocycles. The van der Waals surface area contributed by atoms with Gasteiger partial charge >= 0.3 is 5.97 Å². The third-order valence-electron chi connectivity index (χ3n) is 2.48. The molecule has 6 heteroatoms. The highest BCUT2D eigenvalue weighted by atomic mass is 16.5. The van der Waals surface area contributed by atoms with Gasteiger partial charge in [0.2, 0.25) is 5.91 Å². The first kappa shape index (κ1) is 15.0. The maximum atomic E-state index is 11.6. The van der Waals surface area contributed by atoms with Crippen molar-refractivity contribution in [2.24, 2.45) is 0 Å². The number of hydrogen-bond donors (Lipinski definition) is 2. The normalized spacial score (nSPS) is 10.0. The number of anilines is 1. The second-order valence-corrected chi connectivity index (χ2v) is 3.86. The minimum Gasteiger partial charge on any atom is -0.497 e. The van der Waals surface area contributed by atoms with Crippen LogP contribution in [0.1, 0.15) is 23.2 Å². The van der Waals surface area contributed by atoms with E-state index in [1.807, 2.05) is 0 Å². The fourth-order valence-corrected chi connectivity index (χ4v) is 1.53. The van der Waals surface area contributed by atoms with Crippen molar-refractivity contribution in [3.05, 3.63) is 23.8 Å². The highest BCUT2D eigenvalue weighted by molar-refractivity contribution is 6.00. The third-order valence-corrected chi connectivity index (χ3v) is 2.48. The Kier molecular flexibility index (Phi) is 5.81. The molecule has 1 aromatic carbocycles. The van der Waals surface area contributed by atoms with Crippen molar-refractivity contribution in [1.82, 2.24) is 0 Å². The summed E-state index contributed by atoms with van der Waals surface area (Å²) >= 11 is 0. The SMILES string of the molecule is COCCCC(=O)Nc1ccc(OC)cc1C(=O)O. The Hall–Kier alpha value is -2.08. The Labute approximate surface area is 111 Å². The molecule has 2 N–H and O–H groups in total. The molecule has 6 nitrogen and oxygen atoms in total. The number of hydrogen-bond acceptors (Lipinski definition) is 4. The van der Waals surface area contributed by atoms with E-state index in [1.165, 1.54) is 19.2 Å². The molecular weight excluding hydrogens is 250 g/mol. The summed E-state index contributed by atoms with van der Waals surface area (Å²) in [6.07, 6.45) is 0.861. The summed E-state index contributed by atoms with van der Waals surface area (Å²) in [6, 6.07) is 4.47. The topological polar surface area (TPSA) is 84.9 Å². The molecule has 0 spiro atoms. The molecule has 0 saturated heterocycles. The van der Waals surface area contributed by atoms with E-state index in [0.29, 0.717) is 18.8 Å². The number of nitrogens with one attached hydrogen (secondary N) is 1. The summed E-state index contributed by atoms with van der Waals surface area (Å²) in [7, 11) is 3.01. The van der Waals surface area contributed by atoms with E-state index in [2.05, 4.69) is 5.32 Å². The van der Waals surface area contributed by atoms with Gasteiger partial charge in [-0.15, -0.1) is 0 Å². The minimum atomic E-state index is -1.12. The molecule has 19 heavy (non-hydrogen) atoms. The first-order chi connectivity index (χ1) is 9.08. The van der Waals surface area contributed by atoms with Gasteiger partial charge in [-0.3, -0.25) is 4.79 Å². The molecule has 1 rings (SSSR count). The van der Waals surface area contributed by atoms with Crippen molar-refractivity contribution in [2.75, 3.05) is 26.1 Å². The number of carbonyl (C=O) groups is 2. The summed E-state index contributed by atoms with van der Waals surface area (Å²) in [5.41, 5.74) is 0.259. The lowest BCUT2D eigenvalue weighted by atomic mass is 10.1. The van der Waals surface area contributed by atoms with Crippen molar-refractivity contribution in [3.8, 4) is 5.75 Å². The Morgan fingerprint density at radius 1 is 1.32 bits per heavy atom. The molecule has 0 aliphatic carbocycles. The van der Waals surface area contributed by atoms with Crippen molar-refractivity contribution in [2.45, 2.75) is 12.8 Å². The number of carbonyl (C=O) groups excluding carboxylic acids is 1. The van der Waals surface area contributed by atoms with Gasteiger partial charge in [-0.05, 0) is 24.6 Å². The van der Waals surface area contributed by atoms with E-state index < -0.39 is 5.97 Å². The molecule has 0 unspecified atom stereocenters. The van der Waals surface area contributed by atoms with Crippen molar-refractivity contribution in [1.29, 1.82) is 0 Å². The molecule has 0 aliphatic rings. The van der Waals surface area contributed by atoms with Crippen LogP contribution in [0.4, 0.5) is 5.69 Å². The van der Waals surface area contributed by atoms with Crippen LogP contribution in [0.2, 0.25) is 0 Å². The first-order valence-electron chi connectivity index (χ1n) is 5.78. The smallest absolute Gasteiger partial charge is 0.337 e. The molecule has 1 amide bonds. The number of carboxylic acid groups (broad SMARTS) is 1. The van der Waals surface area contributed by atoms with E-state index in [1.54, 1.807) is 13.2 Å².